The van der Waals surface area contributed by atoms with Crippen molar-refractivity contribution in [3.05, 3.63) is 30.1 Å². The first-order valence-electron chi connectivity index (χ1n) is 4.15. The van der Waals surface area contributed by atoms with Crippen LogP contribution >= 0.6 is 11.9 Å². The third-order valence-electron chi connectivity index (χ3n) is 1.89. The molecule has 0 amide bonds. The van der Waals surface area contributed by atoms with Gasteiger partial charge in [0.1, 0.15) is 5.69 Å². The zero-order valence-electron chi connectivity index (χ0n) is 8.01. The average molecular weight is 209 g/mol. The molecular weight excluding hydrogens is 198 g/mol. The van der Waals surface area contributed by atoms with Crippen LogP contribution in [-0.4, -0.2) is 33.7 Å². The number of nitrogens with one attached hydrogen (secondary N) is 1. The number of amidine groups is 1. The Morgan fingerprint density at radius 3 is 2.86 bits per heavy atom. The Morgan fingerprint density at radius 1 is 1.43 bits per heavy atom. The second-order valence-electron chi connectivity index (χ2n) is 2.73. The monoisotopic (exact) mass is 209 g/mol. The van der Waals surface area contributed by atoms with E-state index < -0.39 is 0 Å². The Bertz CT molecular complexity index is 339. The van der Waals surface area contributed by atoms with Crippen LogP contribution in [0.4, 0.5) is 0 Å². The van der Waals surface area contributed by atoms with E-state index in [0.29, 0.717) is 0 Å². The number of aromatic nitrogens is 1. The minimum atomic E-state index is 0.819. The van der Waals surface area contributed by atoms with Crippen molar-refractivity contribution in [3.63, 3.8) is 0 Å². The van der Waals surface area contributed by atoms with Gasteiger partial charge in [0.25, 0.3) is 0 Å². The van der Waals surface area contributed by atoms with Crippen molar-refractivity contribution in [1.82, 2.24) is 20.1 Å². The molecule has 0 unspecified atom stereocenters. The van der Waals surface area contributed by atoms with Gasteiger partial charge in [0.15, 0.2) is 5.84 Å². The summed E-state index contributed by atoms with van der Waals surface area (Å²) >= 11 is 1.54. The molecule has 6 heteroatoms. The van der Waals surface area contributed by atoms with E-state index >= 15 is 0 Å². The van der Waals surface area contributed by atoms with Gasteiger partial charge in [0.2, 0.25) is 0 Å². The third-order valence-corrected chi connectivity index (χ3v) is 2.56. The molecule has 0 spiro atoms. The minimum Gasteiger partial charge on any atom is -0.260 e. The lowest BCUT2D eigenvalue weighted by Crippen LogP contribution is -2.37. The number of hydrogen-bond donors (Lipinski definition) is 1. The zero-order chi connectivity index (χ0) is 9.97. The molecule has 0 atom stereocenters. The van der Waals surface area contributed by atoms with Gasteiger partial charge in [-0.15, -0.1) is 5.10 Å². The Balaban J connectivity index is 2.22. The van der Waals surface area contributed by atoms with Crippen LogP contribution in [0.1, 0.15) is 5.69 Å². The SMILES string of the molecule is CSN1NN=C(c2ccccn2)N1C. The van der Waals surface area contributed by atoms with Crippen molar-refractivity contribution >= 4 is 17.8 Å². The molecule has 1 N–H and O–H groups in total. The molecule has 74 valence electrons. The molecular formula is C8H11N5S. The number of nitrogens with zero attached hydrogens (tertiary/aromatic N) is 4. The van der Waals surface area contributed by atoms with Crippen LogP contribution in [0.25, 0.3) is 0 Å². The minimum absolute atomic E-state index is 0.819. The Kier molecular flexibility index (Phi) is 2.55. The molecule has 1 aromatic rings. The number of hydrazone groups is 1. The van der Waals surface area contributed by atoms with Crippen LogP contribution in [0.2, 0.25) is 0 Å². The molecule has 1 aliphatic heterocycles. The second-order valence-corrected chi connectivity index (χ2v) is 3.44. The topological polar surface area (TPSA) is 43.8 Å². The molecule has 1 aliphatic rings. The van der Waals surface area contributed by atoms with Crippen LogP contribution < -0.4 is 5.53 Å². The fourth-order valence-corrected chi connectivity index (χ4v) is 1.64. The quantitative estimate of drug-likeness (QED) is 0.726. The average Bonchev–Trinajstić information content (AvgIpc) is 2.61. The van der Waals surface area contributed by atoms with Crippen molar-refractivity contribution < 1.29 is 0 Å². The predicted octanol–water partition coefficient (Wildman–Crippen LogP) is 0.688. The van der Waals surface area contributed by atoms with Gasteiger partial charge in [0, 0.05) is 19.5 Å². The van der Waals surface area contributed by atoms with E-state index in [4.69, 9.17) is 0 Å². The van der Waals surface area contributed by atoms with E-state index in [0.717, 1.165) is 11.5 Å². The molecule has 2 heterocycles. The van der Waals surface area contributed by atoms with Crippen molar-refractivity contribution in [2.75, 3.05) is 13.3 Å². The molecule has 0 fully saturated rings. The highest BCUT2D eigenvalue weighted by atomic mass is 32.2. The first-order chi connectivity index (χ1) is 6.83. The van der Waals surface area contributed by atoms with E-state index in [1.807, 2.05) is 41.0 Å². The maximum absolute atomic E-state index is 4.23. The first kappa shape index (κ1) is 9.29. The number of hydrogen-bond acceptors (Lipinski definition) is 6. The standard InChI is InChI=1S/C8H11N5S/c1-12-8(10-11-13(12)14-2)7-5-3-4-6-9-7/h3-6,11H,1-2H3. The van der Waals surface area contributed by atoms with Gasteiger partial charge in [-0.05, 0) is 24.1 Å². The van der Waals surface area contributed by atoms with Crippen molar-refractivity contribution in [3.8, 4) is 0 Å². The fourth-order valence-electron chi connectivity index (χ4n) is 1.20. The van der Waals surface area contributed by atoms with Crippen LogP contribution in [0.5, 0.6) is 0 Å². The van der Waals surface area contributed by atoms with Gasteiger partial charge < -0.3 is 0 Å². The summed E-state index contributed by atoms with van der Waals surface area (Å²) in [5, 5.41) is 6.08. The van der Waals surface area contributed by atoms with Gasteiger partial charge in [-0.25, -0.2) is 5.53 Å². The Labute approximate surface area is 86.9 Å². The molecule has 2 rings (SSSR count). The molecule has 0 saturated carbocycles. The smallest absolute Gasteiger partial charge is 0.192 e. The first-order valence-corrected chi connectivity index (χ1v) is 5.33. The van der Waals surface area contributed by atoms with Crippen molar-refractivity contribution in [2.45, 2.75) is 0 Å². The highest BCUT2D eigenvalue weighted by Gasteiger charge is 2.22. The third kappa shape index (κ3) is 1.53. The van der Waals surface area contributed by atoms with Crippen LogP contribution in [0, 0.1) is 0 Å². The van der Waals surface area contributed by atoms with E-state index in [-0.39, 0.29) is 0 Å². The number of rotatable bonds is 2. The van der Waals surface area contributed by atoms with Gasteiger partial charge in [-0.3, -0.25) is 9.99 Å². The van der Waals surface area contributed by atoms with Crippen LogP contribution in [-0.2, 0) is 0 Å². The largest absolute Gasteiger partial charge is 0.260 e. The van der Waals surface area contributed by atoms with Crippen LogP contribution in [0.3, 0.4) is 0 Å². The molecule has 0 aromatic carbocycles. The summed E-state index contributed by atoms with van der Waals surface area (Å²) in [6.45, 7) is 0. The predicted molar refractivity (Wildman–Crippen MR) is 57.0 cm³/mol. The second kappa shape index (κ2) is 3.85. The highest BCUT2D eigenvalue weighted by molar-refractivity contribution is 7.96. The Morgan fingerprint density at radius 2 is 2.29 bits per heavy atom. The fraction of sp³-hybridized carbons (Fsp3) is 0.250. The maximum atomic E-state index is 4.23. The van der Waals surface area contributed by atoms with Crippen molar-refractivity contribution in [1.29, 1.82) is 0 Å². The van der Waals surface area contributed by atoms with E-state index in [2.05, 4.69) is 15.6 Å². The summed E-state index contributed by atoms with van der Waals surface area (Å²) in [7, 11) is 1.93. The van der Waals surface area contributed by atoms with E-state index in [9.17, 15) is 0 Å². The summed E-state index contributed by atoms with van der Waals surface area (Å²) in [6.07, 6.45) is 3.73. The van der Waals surface area contributed by atoms with E-state index in [1.54, 1.807) is 18.1 Å². The molecule has 0 saturated heterocycles. The summed E-state index contributed by atoms with van der Waals surface area (Å²) in [5.74, 6) is 0.819. The summed E-state index contributed by atoms with van der Waals surface area (Å²) in [5.41, 5.74) is 3.74. The van der Waals surface area contributed by atoms with E-state index in [1.165, 1.54) is 0 Å². The molecule has 1 aromatic heterocycles. The van der Waals surface area contributed by atoms with Crippen LogP contribution in [0.15, 0.2) is 29.5 Å². The lowest BCUT2D eigenvalue weighted by Gasteiger charge is -2.21. The van der Waals surface area contributed by atoms with Gasteiger partial charge in [-0.2, -0.15) is 0 Å². The normalized spacial score (nSPS) is 16.7. The molecule has 0 aliphatic carbocycles. The zero-order valence-corrected chi connectivity index (χ0v) is 8.82. The summed E-state index contributed by atoms with van der Waals surface area (Å²) in [4.78, 5) is 4.23. The molecule has 0 bridgehead atoms. The summed E-state index contributed by atoms with van der Waals surface area (Å²) in [6, 6.07) is 5.76. The lowest BCUT2D eigenvalue weighted by atomic mass is 10.3. The molecule has 5 nitrogen and oxygen atoms in total. The summed E-state index contributed by atoms with van der Waals surface area (Å²) < 4.78 is 1.82. The molecule has 0 radical (unpaired) electrons. The lowest BCUT2D eigenvalue weighted by molar-refractivity contribution is 0.174. The maximum Gasteiger partial charge on any atom is 0.192 e. The number of hydrazine groups is 2. The number of pyridine rings is 1. The van der Waals surface area contributed by atoms with Gasteiger partial charge in [-0.1, -0.05) is 10.6 Å². The molecule has 14 heavy (non-hydrogen) atoms. The van der Waals surface area contributed by atoms with Crippen molar-refractivity contribution in [2.24, 2.45) is 5.10 Å². The highest BCUT2D eigenvalue weighted by Crippen LogP contribution is 2.13. The van der Waals surface area contributed by atoms with Gasteiger partial charge >= 0.3 is 0 Å². The Hall–Kier alpha value is -1.27. The van der Waals surface area contributed by atoms with Gasteiger partial charge in [0.05, 0.1) is 0 Å².